The molecule has 1 fully saturated rings. The first-order valence-corrected chi connectivity index (χ1v) is 10.7. The van der Waals surface area contributed by atoms with E-state index in [-0.39, 0.29) is 11.5 Å². The van der Waals surface area contributed by atoms with Crippen LogP contribution in [0.3, 0.4) is 0 Å². The van der Waals surface area contributed by atoms with Crippen molar-refractivity contribution in [2.24, 2.45) is 5.92 Å². The minimum Gasteiger partial charge on any atom is -0.507 e. The predicted molar refractivity (Wildman–Crippen MR) is 115 cm³/mol. The number of carbonyl (C=O) groups excluding carboxylic acids is 1. The van der Waals surface area contributed by atoms with Crippen LogP contribution in [0, 0.1) is 12.8 Å². The summed E-state index contributed by atoms with van der Waals surface area (Å²) in [5, 5.41) is 11.3. The van der Waals surface area contributed by atoms with E-state index in [0.29, 0.717) is 24.1 Å². The molecule has 1 N–H and O–H groups in total. The number of hydrogen-bond donors (Lipinski definition) is 1. The van der Waals surface area contributed by atoms with Crippen molar-refractivity contribution in [1.82, 2.24) is 4.90 Å². The highest BCUT2D eigenvalue weighted by molar-refractivity contribution is 5.75. The molecule has 1 aliphatic carbocycles. The zero-order chi connectivity index (χ0) is 20.8. The van der Waals surface area contributed by atoms with Crippen molar-refractivity contribution in [2.45, 2.75) is 64.0 Å². The van der Waals surface area contributed by atoms with Gasteiger partial charge in [-0.1, -0.05) is 19.9 Å². The standard InChI is InChI=1S/C25H31NO3/c1-5-11-26-22-19(9-8-12-27)25(6-2,7-3)21-20(23(22)26)18(14-16(4)24(21)28)17-10-13-29-15-17/h5,10,12-15,19,22-23,28H,1,6-9,11H2,2-4H3. The first kappa shape index (κ1) is 20.0. The molecule has 2 heterocycles. The Kier molecular flexibility index (Phi) is 5.16. The molecule has 4 rings (SSSR count). The van der Waals surface area contributed by atoms with Gasteiger partial charge in [0.2, 0.25) is 0 Å². The van der Waals surface area contributed by atoms with Gasteiger partial charge in [-0.25, -0.2) is 0 Å². The van der Waals surface area contributed by atoms with E-state index in [9.17, 15) is 9.90 Å². The number of phenols is 1. The van der Waals surface area contributed by atoms with E-state index in [2.05, 4.69) is 31.4 Å². The van der Waals surface area contributed by atoms with Crippen molar-refractivity contribution in [3.05, 3.63) is 54.0 Å². The van der Waals surface area contributed by atoms with E-state index < -0.39 is 0 Å². The molecular weight excluding hydrogens is 362 g/mol. The molecule has 4 nitrogen and oxygen atoms in total. The summed E-state index contributed by atoms with van der Waals surface area (Å²) in [6.07, 6.45) is 9.79. The number of benzene rings is 1. The number of furan rings is 1. The zero-order valence-electron chi connectivity index (χ0n) is 17.6. The Labute approximate surface area is 173 Å². The van der Waals surface area contributed by atoms with Crippen LogP contribution in [0.15, 0.2) is 41.7 Å². The molecule has 1 aliphatic heterocycles. The van der Waals surface area contributed by atoms with Gasteiger partial charge in [0.05, 0.1) is 18.6 Å². The Hall–Kier alpha value is -2.33. The van der Waals surface area contributed by atoms with Crippen LogP contribution in [0.2, 0.25) is 0 Å². The first-order chi connectivity index (χ1) is 14.1. The summed E-state index contributed by atoms with van der Waals surface area (Å²) in [7, 11) is 0. The number of aldehydes is 1. The molecule has 2 aliphatic rings. The number of aromatic hydroxyl groups is 1. The van der Waals surface area contributed by atoms with E-state index in [1.165, 1.54) is 5.56 Å². The maximum Gasteiger partial charge on any atom is 0.122 e. The Morgan fingerprint density at radius 3 is 2.69 bits per heavy atom. The third-order valence-electron chi connectivity index (χ3n) is 7.45. The summed E-state index contributed by atoms with van der Waals surface area (Å²) < 4.78 is 5.40. The molecule has 4 unspecified atom stereocenters. The van der Waals surface area contributed by atoms with Gasteiger partial charge >= 0.3 is 0 Å². The Bertz CT molecular complexity index is 911. The average molecular weight is 394 g/mol. The van der Waals surface area contributed by atoms with Gasteiger partial charge in [-0.3, -0.25) is 4.90 Å². The number of hydrogen-bond acceptors (Lipinski definition) is 4. The van der Waals surface area contributed by atoms with E-state index in [1.807, 2.05) is 19.1 Å². The van der Waals surface area contributed by atoms with Gasteiger partial charge in [0, 0.05) is 35.5 Å². The average Bonchev–Trinajstić information content (AvgIpc) is 3.16. The van der Waals surface area contributed by atoms with Crippen LogP contribution in [0.4, 0.5) is 0 Å². The molecule has 1 aromatic carbocycles. The molecule has 0 radical (unpaired) electrons. The quantitative estimate of drug-likeness (QED) is 0.363. The Balaban J connectivity index is 2.01. The van der Waals surface area contributed by atoms with Gasteiger partial charge in [-0.15, -0.1) is 6.58 Å². The minimum absolute atomic E-state index is 0.149. The van der Waals surface area contributed by atoms with Crippen LogP contribution in [0.5, 0.6) is 5.75 Å². The molecule has 0 bridgehead atoms. The molecule has 154 valence electrons. The lowest BCUT2D eigenvalue weighted by Crippen LogP contribution is -2.42. The number of fused-ring (bicyclic) bond motifs is 3. The second-order valence-electron chi connectivity index (χ2n) is 8.52. The topological polar surface area (TPSA) is 53.4 Å². The van der Waals surface area contributed by atoms with Crippen LogP contribution in [0.25, 0.3) is 11.1 Å². The van der Waals surface area contributed by atoms with Gasteiger partial charge in [0.15, 0.2) is 0 Å². The van der Waals surface area contributed by atoms with E-state index in [0.717, 1.165) is 54.3 Å². The van der Waals surface area contributed by atoms with Crippen LogP contribution in [-0.2, 0) is 10.2 Å². The van der Waals surface area contributed by atoms with Crippen molar-refractivity contribution < 1.29 is 14.3 Å². The lowest BCUT2D eigenvalue weighted by molar-refractivity contribution is -0.108. The maximum atomic E-state index is 11.3. The molecule has 0 spiro atoms. The summed E-state index contributed by atoms with van der Waals surface area (Å²) in [6.45, 7) is 11.2. The van der Waals surface area contributed by atoms with Crippen LogP contribution >= 0.6 is 0 Å². The number of aryl methyl sites for hydroxylation is 1. The van der Waals surface area contributed by atoms with Crippen molar-refractivity contribution in [2.75, 3.05) is 6.54 Å². The highest BCUT2D eigenvalue weighted by atomic mass is 16.3. The van der Waals surface area contributed by atoms with Crippen LogP contribution < -0.4 is 0 Å². The second kappa shape index (κ2) is 7.49. The molecule has 29 heavy (non-hydrogen) atoms. The number of phenolic OH excluding ortho intramolecular Hbond substituents is 1. The number of nitrogens with zero attached hydrogens (tertiary/aromatic N) is 1. The normalized spacial score (nSPS) is 26.4. The second-order valence-corrected chi connectivity index (χ2v) is 8.52. The molecule has 4 heteroatoms. The van der Waals surface area contributed by atoms with E-state index >= 15 is 0 Å². The molecule has 0 saturated carbocycles. The lowest BCUT2D eigenvalue weighted by Gasteiger charge is -2.45. The predicted octanol–water partition coefficient (Wildman–Crippen LogP) is 5.54. The third-order valence-corrected chi connectivity index (χ3v) is 7.45. The minimum atomic E-state index is -0.149. The highest BCUT2D eigenvalue weighted by Crippen LogP contribution is 2.65. The third kappa shape index (κ3) is 2.80. The lowest BCUT2D eigenvalue weighted by atomic mass is 9.58. The fourth-order valence-corrected chi connectivity index (χ4v) is 6.09. The molecule has 2 aromatic rings. The highest BCUT2D eigenvalue weighted by Gasteiger charge is 2.63. The summed E-state index contributed by atoms with van der Waals surface area (Å²) in [5.41, 5.74) is 5.31. The molecule has 1 saturated heterocycles. The summed E-state index contributed by atoms with van der Waals surface area (Å²) >= 11 is 0. The summed E-state index contributed by atoms with van der Waals surface area (Å²) in [5.74, 6) is 0.765. The zero-order valence-corrected chi connectivity index (χ0v) is 17.6. The van der Waals surface area contributed by atoms with Gasteiger partial charge in [-0.2, -0.15) is 0 Å². The van der Waals surface area contributed by atoms with Gasteiger partial charge in [0.1, 0.15) is 12.0 Å². The Morgan fingerprint density at radius 1 is 1.34 bits per heavy atom. The molecule has 4 atom stereocenters. The SMILES string of the molecule is C=CCN1C2c3c(-c4ccoc4)cc(C)c(O)c3C(CC)(CC)C(CCC=O)C21. The molecule has 1 aromatic heterocycles. The largest absolute Gasteiger partial charge is 0.507 e. The molecular formula is C25H31NO3. The number of carbonyl (C=O) groups is 1. The van der Waals surface area contributed by atoms with Crippen molar-refractivity contribution in [3.63, 3.8) is 0 Å². The van der Waals surface area contributed by atoms with Gasteiger partial charge in [0.25, 0.3) is 0 Å². The first-order valence-electron chi connectivity index (χ1n) is 10.7. The van der Waals surface area contributed by atoms with Crippen molar-refractivity contribution in [1.29, 1.82) is 0 Å². The molecule has 0 amide bonds. The van der Waals surface area contributed by atoms with Crippen molar-refractivity contribution in [3.8, 4) is 16.9 Å². The van der Waals surface area contributed by atoms with Gasteiger partial charge in [-0.05, 0) is 60.9 Å². The monoisotopic (exact) mass is 393 g/mol. The Morgan fingerprint density at radius 2 is 2.10 bits per heavy atom. The maximum absolute atomic E-state index is 11.3. The fraction of sp³-hybridized carbons (Fsp3) is 0.480. The van der Waals surface area contributed by atoms with Crippen LogP contribution in [0.1, 0.15) is 62.3 Å². The number of rotatable bonds is 8. The van der Waals surface area contributed by atoms with Crippen LogP contribution in [-0.4, -0.2) is 28.9 Å². The van der Waals surface area contributed by atoms with Gasteiger partial charge < -0.3 is 14.3 Å². The fourth-order valence-electron chi connectivity index (χ4n) is 6.09. The van der Waals surface area contributed by atoms with E-state index in [4.69, 9.17) is 4.42 Å². The van der Waals surface area contributed by atoms with Crippen molar-refractivity contribution >= 4 is 6.29 Å². The summed E-state index contributed by atoms with van der Waals surface area (Å²) in [6, 6.07) is 4.73. The summed E-state index contributed by atoms with van der Waals surface area (Å²) in [4.78, 5) is 13.7. The smallest absolute Gasteiger partial charge is 0.122 e. The van der Waals surface area contributed by atoms with E-state index in [1.54, 1.807) is 12.5 Å².